The van der Waals surface area contributed by atoms with Crippen molar-refractivity contribution in [1.82, 2.24) is 0 Å². The summed E-state index contributed by atoms with van der Waals surface area (Å²) in [5, 5.41) is 8.67. The van der Waals surface area contributed by atoms with Gasteiger partial charge in [0.05, 0.1) is 0 Å². The Morgan fingerprint density at radius 2 is 1.29 bits per heavy atom. The van der Waals surface area contributed by atoms with E-state index in [0.717, 1.165) is 24.7 Å². The summed E-state index contributed by atoms with van der Waals surface area (Å²) < 4.78 is 0. The van der Waals surface area contributed by atoms with Crippen LogP contribution < -0.4 is 0 Å². The maximum absolute atomic E-state index is 10.5. The van der Waals surface area contributed by atoms with Gasteiger partial charge >= 0.3 is 5.97 Å². The average Bonchev–Trinajstić information content (AvgIpc) is 2.43. The number of hydrogen-bond acceptors (Lipinski definition) is 1. The molecule has 0 aliphatic carbocycles. The highest BCUT2D eigenvalue weighted by atomic mass is 16.4. The Morgan fingerprint density at radius 3 is 1.76 bits per heavy atom. The zero-order valence-corrected chi connectivity index (χ0v) is 14.7. The van der Waals surface area contributed by atoms with Gasteiger partial charge in [-0.3, -0.25) is 4.79 Å². The average molecular weight is 299 g/mol. The fraction of sp³-hybridized carbons (Fsp3) is 0.947. The Kier molecular flexibility index (Phi) is 14.0. The summed E-state index contributed by atoms with van der Waals surface area (Å²) in [4.78, 5) is 10.5. The summed E-state index contributed by atoms with van der Waals surface area (Å²) >= 11 is 0. The predicted octanol–water partition coefficient (Wildman–Crippen LogP) is 6.43. The molecule has 0 radical (unpaired) electrons. The molecule has 1 atom stereocenters. The fourth-order valence-corrected chi connectivity index (χ4v) is 3.03. The second-order valence-corrected chi connectivity index (χ2v) is 6.91. The Bertz CT molecular complexity index is 236. The topological polar surface area (TPSA) is 37.3 Å². The van der Waals surface area contributed by atoms with E-state index < -0.39 is 5.97 Å². The molecule has 0 saturated carbocycles. The number of hydrogen-bond donors (Lipinski definition) is 1. The first-order valence-electron chi connectivity index (χ1n) is 9.29. The Hall–Kier alpha value is -0.530. The highest BCUT2D eigenvalue weighted by Gasteiger charge is 2.12. The molecule has 0 saturated heterocycles. The Morgan fingerprint density at radius 1 is 0.810 bits per heavy atom. The van der Waals surface area contributed by atoms with Gasteiger partial charge in [-0.2, -0.15) is 0 Å². The van der Waals surface area contributed by atoms with Crippen LogP contribution in [0.2, 0.25) is 0 Å². The molecule has 21 heavy (non-hydrogen) atoms. The molecule has 126 valence electrons. The van der Waals surface area contributed by atoms with E-state index in [1.165, 1.54) is 64.2 Å². The van der Waals surface area contributed by atoms with Crippen molar-refractivity contribution in [3.05, 3.63) is 0 Å². The van der Waals surface area contributed by atoms with Crippen molar-refractivity contribution in [3.63, 3.8) is 0 Å². The molecule has 0 bridgehead atoms. The molecule has 0 aromatic heterocycles. The van der Waals surface area contributed by atoms with Crippen molar-refractivity contribution in [2.45, 2.75) is 104 Å². The minimum absolute atomic E-state index is 0.336. The van der Waals surface area contributed by atoms with Gasteiger partial charge in [0.2, 0.25) is 0 Å². The molecule has 0 aliphatic rings. The van der Waals surface area contributed by atoms with E-state index in [-0.39, 0.29) is 0 Å². The molecule has 0 aliphatic heterocycles. The number of carbonyl (C=O) groups is 1. The summed E-state index contributed by atoms with van der Waals surface area (Å²) in [5.41, 5.74) is 0. The van der Waals surface area contributed by atoms with E-state index in [1.54, 1.807) is 0 Å². The highest BCUT2D eigenvalue weighted by Crippen LogP contribution is 2.25. The molecule has 0 amide bonds. The molecule has 1 unspecified atom stereocenters. The maximum Gasteiger partial charge on any atom is 0.303 e. The van der Waals surface area contributed by atoms with Gasteiger partial charge in [0, 0.05) is 6.42 Å². The van der Waals surface area contributed by atoms with Crippen LogP contribution in [0.15, 0.2) is 0 Å². The lowest BCUT2D eigenvalue weighted by Gasteiger charge is -2.20. The molecule has 0 fully saturated rings. The molecule has 2 nitrogen and oxygen atoms in total. The summed E-state index contributed by atoms with van der Waals surface area (Å²) in [6, 6.07) is 0. The summed E-state index contributed by atoms with van der Waals surface area (Å²) in [5.74, 6) is 0.873. The lowest BCUT2D eigenvalue weighted by molar-refractivity contribution is -0.137. The van der Waals surface area contributed by atoms with Gasteiger partial charge in [-0.25, -0.2) is 0 Å². The summed E-state index contributed by atoms with van der Waals surface area (Å²) in [7, 11) is 0. The lowest BCUT2D eigenvalue weighted by Crippen LogP contribution is -2.09. The van der Waals surface area contributed by atoms with Crippen molar-refractivity contribution in [2.24, 2.45) is 11.8 Å². The van der Waals surface area contributed by atoms with Gasteiger partial charge in [0.25, 0.3) is 0 Å². The molecule has 0 aromatic carbocycles. The van der Waals surface area contributed by atoms with Gasteiger partial charge in [-0.1, -0.05) is 91.4 Å². The molecular weight excluding hydrogens is 260 g/mol. The summed E-state index contributed by atoms with van der Waals surface area (Å²) in [6.45, 7) is 6.89. The molecule has 0 aromatic rings. The smallest absolute Gasteiger partial charge is 0.303 e. The van der Waals surface area contributed by atoms with Gasteiger partial charge in [0.1, 0.15) is 0 Å². The first-order valence-corrected chi connectivity index (χ1v) is 9.29. The molecule has 1 N–H and O–H groups in total. The molecule has 2 heteroatoms. The monoisotopic (exact) mass is 298 g/mol. The van der Waals surface area contributed by atoms with E-state index in [1.807, 2.05) is 0 Å². The first kappa shape index (κ1) is 20.5. The van der Waals surface area contributed by atoms with Crippen molar-refractivity contribution in [2.75, 3.05) is 0 Å². The van der Waals surface area contributed by atoms with E-state index in [0.29, 0.717) is 6.42 Å². The zero-order chi connectivity index (χ0) is 15.9. The SMILES string of the molecule is CCCCCCCCCCC(CCCCC(=O)O)C(C)C. The van der Waals surface area contributed by atoms with Gasteiger partial charge in [-0.15, -0.1) is 0 Å². The largest absolute Gasteiger partial charge is 0.481 e. The third-order valence-electron chi connectivity index (χ3n) is 4.59. The first-order chi connectivity index (χ1) is 10.1. The number of unbranched alkanes of at least 4 members (excludes halogenated alkanes) is 8. The number of carboxylic acids is 1. The zero-order valence-electron chi connectivity index (χ0n) is 14.7. The number of carboxylic acid groups (broad SMARTS) is 1. The van der Waals surface area contributed by atoms with Crippen LogP contribution in [0.1, 0.15) is 104 Å². The second kappa shape index (κ2) is 14.4. The Balaban J connectivity index is 3.54. The van der Waals surface area contributed by atoms with Crippen LogP contribution in [0.5, 0.6) is 0 Å². The standard InChI is InChI=1S/C19H38O2/c1-4-5-6-7-8-9-10-11-14-18(17(2)3)15-12-13-16-19(20)21/h17-18H,4-16H2,1-3H3,(H,20,21). The minimum atomic E-state index is -0.654. The molecular formula is C19H38O2. The lowest BCUT2D eigenvalue weighted by atomic mass is 9.86. The van der Waals surface area contributed by atoms with Gasteiger partial charge in [-0.05, 0) is 18.3 Å². The van der Waals surface area contributed by atoms with Crippen LogP contribution in [-0.4, -0.2) is 11.1 Å². The van der Waals surface area contributed by atoms with Crippen LogP contribution in [-0.2, 0) is 4.79 Å². The van der Waals surface area contributed by atoms with Crippen LogP contribution in [0.25, 0.3) is 0 Å². The van der Waals surface area contributed by atoms with Crippen molar-refractivity contribution >= 4 is 5.97 Å². The molecule has 0 spiro atoms. The quantitative estimate of drug-likeness (QED) is 0.353. The third-order valence-corrected chi connectivity index (χ3v) is 4.59. The Labute approximate surface area is 132 Å². The van der Waals surface area contributed by atoms with E-state index >= 15 is 0 Å². The fourth-order valence-electron chi connectivity index (χ4n) is 3.03. The van der Waals surface area contributed by atoms with Crippen LogP contribution in [0, 0.1) is 11.8 Å². The van der Waals surface area contributed by atoms with Crippen LogP contribution in [0.4, 0.5) is 0 Å². The van der Waals surface area contributed by atoms with Gasteiger partial charge < -0.3 is 5.11 Å². The van der Waals surface area contributed by atoms with Crippen LogP contribution >= 0.6 is 0 Å². The van der Waals surface area contributed by atoms with Crippen molar-refractivity contribution in [1.29, 1.82) is 0 Å². The minimum Gasteiger partial charge on any atom is -0.481 e. The normalized spacial score (nSPS) is 12.8. The molecule has 0 rings (SSSR count). The van der Waals surface area contributed by atoms with E-state index in [4.69, 9.17) is 5.11 Å². The maximum atomic E-state index is 10.5. The summed E-state index contributed by atoms with van der Waals surface area (Å²) in [6.07, 6.45) is 15.9. The van der Waals surface area contributed by atoms with Crippen LogP contribution in [0.3, 0.4) is 0 Å². The number of aliphatic carboxylic acids is 1. The van der Waals surface area contributed by atoms with E-state index in [9.17, 15) is 4.79 Å². The predicted molar refractivity (Wildman–Crippen MR) is 91.7 cm³/mol. The second-order valence-electron chi connectivity index (χ2n) is 6.91. The van der Waals surface area contributed by atoms with Crippen molar-refractivity contribution in [3.8, 4) is 0 Å². The van der Waals surface area contributed by atoms with Gasteiger partial charge in [0.15, 0.2) is 0 Å². The molecule has 0 heterocycles. The number of rotatable bonds is 15. The third kappa shape index (κ3) is 14.2. The highest BCUT2D eigenvalue weighted by molar-refractivity contribution is 5.66. The van der Waals surface area contributed by atoms with E-state index in [2.05, 4.69) is 20.8 Å². The van der Waals surface area contributed by atoms with Crippen molar-refractivity contribution < 1.29 is 9.90 Å².